The largest absolute Gasteiger partial charge is 0.290 e. The topological polar surface area (TPSA) is 51.2 Å². The summed E-state index contributed by atoms with van der Waals surface area (Å²) in [4.78, 5) is 12.2. The molecule has 0 fully saturated rings. The highest BCUT2D eigenvalue weighted by atomic mass is 127. The zero-order valence-electron chi connectivity index (χ0n) is 9.41. The lowest BCUT2D eigenvalue weighted by atomic mass is 10.1. The molecule has 94 valence electrons. The van der Waals surface area contributed by atoms with Gasteiger partial charge in [-0.3, -0.25) is 4.79 Å². The lowest BCUT2D eigenvalue weighted by molar-refractivity contribution is 0.100. The van der Waals surface area contributed by atoms with E-state index in [1.807, 2.05) is 0 Å². The molecule has 17 heavy (non-hydrogen) atoms. The third-order valence-electron chi connectivity index (χ3n) is 2.42. The van der Waals surface area contributed by atoms with Gasteiger partial charge in [0.15, 0.2) is 9.84 Å². The Morgan fingerprint density at radius 1 is 1.41 bits per heavy atom. The first-order valence-electron chi connectivity index (χ1n) is 4.94. The van der Waals surface area contributed by atoms with E-state index >= 15 is 0 Å². The molecule has 1 rings (SSSR count). The number of aryl methyl sites for hydroxylation is 1. The summed E-state index contributed by atoms with van der Waals surface area (Å²) in [5.74, 6) is -0.753. The van der Waals surface area contributed by atoms with E-state index in [0.717, 1.165) is 0 Å². The van der Waals surface area contributed by atoms with Crippen molar-refractivity contribution >= 4 is 49.8 Å². The molecule has 0 radical (unpaired) electrons. The zero-order chi connectivity index (χ0) is 13.3. The summed E-state index contributed by atoms with van der Waals surface area (Å²) < 4.78 is 21.6. The van der Waals surface area contributed by atoms with E-state index in [1.165, 1.54) is 29.5 Å². The van der Waals surface area contributed by atoms with Gasteiger partial charge in [0.25, 0.3) is 2.21 Å². The smallest absolute Gasteiger partial charge is 0.257 e. The predicted octanol–water partition coefficient (Wildman–Crippen LogP) is 2.94. The molecule has 1 aromatic rings. The van der Waals surface area contributed by atoms with Gasteiger partial charge in [-0.15, -0.1) is 0 Å². The molecule has 1 atom stereocenters. The monoisotopic (exact) mass is 386 g/mol. The minimum atomic E-state index is -3.66. The fraction of sp³-hybridized carbons (Fsp3) is 0.364. The summed E-state index contributed by atoms with van der Waals surface area (Å²) in [5.41, 5.74) is 1.06. The first-order valence-corrected chi connectivity index (χ1v) is 8.05. The number of carbonyl (C=O) groups is 1. The first-order chi connectivity index (χ1) is 7.74. The van der Waals surface area contributed by atoms with Crippen molar-refractivity contribution in [2.24, 2.45) is 0 Å². The third kappa shape index (κ3) is 2.82. The van der Waals surface area contributed by atoms with Gasteiger partial charge in [0.05, 0.1) is 5.75 Å². The van der Waals surface area contributed by atoms with Crippen LogP contribution in [-0.2, 0) is 9.84 Å². The van der Waals surface area contributed by atoms with Crippen LogP contribution < -0.4 is 0 Å². The zero-order valence-corrected chi connectivity index (χ0v) is 13.1. The van der Waals surface area contributed by atoms with Crippen molar-refractivity contribution in [2.75, 3.05) is 5.75 Å². The second kappa shape index (κ2) is 5.24. The molecule has 0 bridgehead atoms. The number of hydrogen-bond donors (Lipinski definition) is 0. The Hall–Kier alpha value is -0.140. The number of carbonyl (C=O) groups excluding carboxylic acids is 1. The number of sulfone groups is 1. The minimum Gasteiger partial charge on any atom is -0.290 e. The Kier molecular flexibility index (Phi) is 4.60. The fourth-order valence-corrected chi connectivity index (χ4v) is 3.72. The quantitative estimate of drug-likeness (QED) is 0.454. The summed E-state index contributed by atoms with van der Waals surface area (Å²) >= 11 is 7.43. The van der Waals surface area contributed by atoms with Crippen LogP contribution in [-0.4, -0.2) is 22.2 Å². The summed E-state index contributed by atoms with van der Waals surface area (Å²) in [7, 11) is -3.66. The predicted molar refractivity (Wildman–Crippen MR) is 77.6 cm³/mol. The summed E-state index contributed by atoms with van der Waals surface area (Å²) in [6.07, 6.45) is 0. The number of halogens is 2. The lowest BCUT2D eigenvalue weighted by Gasteiger charge is -2.19. The highest BCUT2D eigenvalue weighted by molar-refractivity contribution is 14.1. The number of ketones is 1. The van der Waals surface area contributed by atoms with Crippen molar-refractivity contribution in [1.82, 2.24) is 0 Å². The van der Waals surface area contributed by atoms with Crippen LogP contribution in [0.5, 0.6) is 0 Å². The molecule has 0 saturated heterocycles. The van der Waals surface area contributed by atoms with Crippen LogP contribution in [0.15, 0.2) is 24.3 Å². The number of benzene rings is 1. The number of rotatable bonds is 4. The van der Waals surface area contributed by atoms with Gasteiger partial charge in [0, 0.05) is 5.56 Å². The van der Waals surface area contributed by atoms with Crippen LogP contribution in [0.4, 0.5) is 0 Å². The Balaban J connectivity index is 3.28. The van der Waals surface area contributed by atoms with E-state index in [9.17, 15) is 13.2 Å². The van der Waals surface area contributed by atoms with Crippen molar-refractivity contribution < 1.29 is 13.2 Å². The average Bonchev–Trinajstić information content (AvgIpc) is 2.28. The SMILES string of the molecule is CCS(=O)(=O)C(Cl)(I)C(=O)c1ccccc1C. The van der Waals surface area contributed by atoms with Crippen LogP contribution in [0.25, 0.3) is 0 Å². The maximum absolute atomic E-state index is 12.2. The minimum absolute atomic E-state index is 0.170. The molecule has 6 heteroatoms. The molecule has 0 N–H and O–H groups in total. The van der Waals surface area contributed by atoms with Gasteiger partial charge in [-0.25, -0.2) is 8.42 Å². The Labute approximate surface area is 120 Å². The van der Waals surface area contributed by atoms with Crippen molar-refractivity contribution in [3.05, 3.63) is 35.4 Å². The molecule has 0 spiro atoms. The Bertz CT molecular complexity index is 537. The van der Waals surface area contributed by atoms with E-state index in [-0.39, 0.29) is 5.75 Å². The summed E-state index contributed by atoms with van der Waals surface area (Å²) in [6.45, 7) is 3.21. The molecule has 0 aliphatic heterocycles. The molecular weight excluding hydrogens is 375 g/mol. The first kappa shape index (κ1) is 14.9. The van der Waals surface area contributed by atoms with Gasteiger partial charge in [-0.05, 0) is 35.1 Å². The summed E-state index contributed by atoms with van der Waals surface area (Å²) in [6, 6.07) is 6.79. The fourth-order valence-electron chi connectivity index (χ4n) is 1.31. The van der Waals surface area contributed by atoms with E-state index in [2.05, 4.69) is 0 Å². The maximum atomic E-state index is 12.2. The third-order valence-corrected chi connectivity index (χ3v) is 7.53. The van der Waals surface area contributed by atoms with Crippen LogP contribution in [0.3, 0.4) is 0 Å². The normalized spacial score (nSPS) is 15.3. The maximum Gasteiger partial charge on any atom is 0.257 e. The standard InChI is InChI=1S/C11H12ClIO3S/c1-3-17(15,16)11(12,13)10(14)9-7-5-4-6-8(9)2/h4-7H,3H2,1-2H3. The van der Waals surface area contributed by atoms with Crippen molar-refractivity contribution in [1.29, 1.82) is 0 Å². The second-order valence-electron chi connectivity index (χ2n) is 3.56. The van der Waals surface area contributed by atoms with Crippen molar-refractivity contribution in [3.8, 4) is 0 Å². The number of alkyl halides is 2. The molecule has 1 aromatic carbocycles. The van der Waals surface area contributed by atoms with Gasteiger partial charge in [0.2, 0.25) is 5.78 Å². The second-order valence-corrected chi connectivity index (χ2v) is 9.76. The van der Waals surface area contributed by atoms with Gasteiger partial charge < -0.3 is 0 Å². The molecule has 0 aliphatic rings. The Morgan fingerprint density at radius 3 is 2.41 bits per heavy atom. The Morgan fingerprint density at radius 2 is 1.94 bits per heavy atom. The summed E-state index contributed by atoms with van der Waals surface area (Å²) in [5, 5.41) is 0. The van der Waals surface area contributed by atoms with E-state index in [4.69, 9.17) is 11.6 Å². The lowest BCUT2D eigenvalue weighted by Crippen LogP contribution is -2.36. The number of Topliss-reactive ketones (excluding diaryl/α,β-unsaturated/α-hetero) is 1. The van der Waals surface area contributed by atoms with Gasteiger partial charge >= 0.3 is 0 Å². The molecule has 0 heterocycles. The van der Waals surface area contributed by atoms with E-state index in [0.29, 0.717) is 11.1 Å². The molecule has 0 amide bonds. The van der Waals surface area contributed by atoms with E-state index in [1.54, 1.807) is 31.2 Å². The molecule has 0 aliphatic carbocycles. The van der Waals surface area contributed by atoms with Crippen LogP contribution in [0.1, 0.15) is 22.8 Å². The molecular formula is C11H12ClIO3S. The van der Waals surface area contributed by atoms with Crippen LogP contribution in [0.2, 0.25) is 0 Å². The average molecular weight is 387 g/mol. The van der Waals surface area contributed by atoms with Gasteiger partial charge in [0.1, 0.15) is 0 Å². The molecule has 0 aromatic heterocycles. The van der Waals surface area contributed by atoms with Crippen LogP contribution in [0, 0.1) is 6.92 Å². The van der Waals surface area contributed by atoms with Gasteiger partial charge in [-0.1, -0.05) is 42.8 Å². The highest BCUT2D eigenvalue weighted by Gasteiger charge is 2.46. The van der Waals surface area contributed by atoms with Crippen LogP contribution >= 0.6 is 34.2 Å². The molecule has 3 nitrogen and oxygen atoms in total. The number of hydrogen-bond acceptors (Lipinski definition) is 3. The van der Waals surface area contributed by atoms with Gasteiger partial charge in [-0.2, -0.15) is 0 Å². The van der Waals surface area contributed by atoms with Crippen molar-refractivity contribution in [2.45, 2.75) is 16.1 Å². The van der Waals surface area contributed by atoms with Crippen molar-refractivity contribution in [3.63, 3.8) is 0 Å². The van der Waals surface area contributed by atoms with E-state index < -0.39 is 17.8 Å². The highest BCUT2D eigenvalue weighted by Crippen LogP contribution is 2.36. The molecule has 1 unspecified atom stereocenters. The molecule has 0 saturated carbocycles.